The molecule has 0 amide bonds. The number of sulfone groups is 2. The van der Waals surface area contributed by atoms with Gasteiger partial charge in [-0.15, -0.1) is 0 Å². The van der Waals surface area contributed by atoms with Gasteiger partial charge in [0.2, 0.25) is 0 Å². The fraction of sp³-hybridized carbons (Fsp3) is 0.300. The van der Waals surface area contributed by atoms with E-state index in [4.69, 9.17) is 14.2 Å². The Bertz CT molecular complexity index is 2330. The molecule has 0 bridgehead atoms. The molecule has 0 saturated heterocycles. The third kappa shape index (κ3) is 15.8. The average molecular weight is 898 g/mol. The van der Waals surface area contributed by atoms with E-state index < -0.39 is 52.7 Å². The number of phenolic OH excluding ortho intramolecular Hbond substituents is 1. The van der Waals surface area contributed by atoms with Crippen LogP contribution in [0.15, 0.2) is 82.6 Å². The van der Waals surface area contributed by atoms with E-state index >= 15 is 0 Å². The van der Waals surface area contributed by atoms with Gasteiger partial charge in [0, 0.05) is 34.8 Å². The topological polar surface area (TPSA) is 184 Å². The highest BCUT2D eigenvalue weighted by Gasteiger charge is 2.20. The van der Waals surface area contributed by atoms with Crippen LogP contribution in [0, 0.1) is 11.6 Å². The van der Waals surface area contributed by atoms with Crippen molar-refractivity contribution in [1.29, 1.82) is 0 Å². The Labute approximate surface area is 339 Å². The van der Waals surface area contributed by atoms with Crippen LogP contribution in [0.4, 0.5) is 8.78 Å². The Hall–Kier alpha value is -5.00. The lowest BCUT2D eigenvalue weighted by Gasteiger charge is -2.20. The molecule has 4 aromatic carbocycles. The fourth-order valence-corrected chi connectivity index (χ4v) is 6.26. The number of carbonyl (C=O) groups excluding carboxylic acids is 4. The summed E-state index contributed by atoms with van der Waals surface area (Å²) in [5, 5.41) is 10.1. The van der Waals surface area contributed by atoms with Crippen molar-refractivity contribution < 1.29 is 64.1 Å². The molecule has 0 spiro atoms. The minimum Gasteiger partial charge on any atom is -0.507 e. The van der Waals surface area contributed by atoms with Gasteiger partial charge < -0.3 is 19.3 Å². The summed E-state index contributed by atoms with van der Waals surface area (Å²) < 4.78 is 89.6. The van der Waals surface area contributed by atoms with Gasteiger partial charge in [0.1, 0.15) is 62.0 Å². The van der Waals surface area contributed by atoms with Gasteiger partial charge in [-0.3, -0.25) is 14.4 Å². The number of carbonyl (C=O) groups is 4. The molecule has 0 heterocycles. The third-order valence-electron chi connectivity index (χ3n) is 6.87. The lowest BCUT2D eigenvalue weighted by Crippen LogP contribution is -2.27. The second-order valence-electron chi connectivity index (χ2n) is 14.2. The van der Waals surface area contributed by atoms with Crippen molar-refractivity contribution >= 4 is 60.1 Å². The first-order chi connectivity index (χ1) is 26.2. The van der Waals surface area contributed by atoms with Crippen molar-refractivity contribution in [3.8, 4) is 33.8 Å². The maximum atomic E-state index is 13.9. The van der Waals surface area contributed by atoms with Gasteiger partial charge in [0.15, 0.2) is 26.3 Å². The zero-order chi connectivity index (χ0) is 43.5. The van der Waals surface area contributed by atoms with Gasteiger partial charge in [-0.25, -0.2) is 30.4 Å². The molecule has 0 aliphatic heterocycles. The minimum absolute atomic E-state index is 0.123. The predicted molar refractivity (Wildman–Crippen MR) is 213 cm³/mol. The van der Waals surface area contributed by atoms with Gasteiger partial charge in [-0.05, 0) is 113 Å². The molecule has 0 atom stereocenters. The number of aldehydes is 2. The van der Waals surface area contributed by atoms with E-state index in [0.29, 0.717) is 40.4 Å². The van der Waals surface area contributed by atoms with Crippen LogP contribution < -0.4 is 4.74 Å². The first-order valence-electron chi connectivity index (χ1n) is 16.7. The SMILES string of the molecule is CC(C)(C)OC(=O)CBr.CC(C)(C)OC(=O)COc1ccc(C=O)cc1-c1ccc(F)c(S(C)(=O)=O)c1.CS(=O)(=O)c1cc(-c2cc(C=O)ccc2O)ccc1F. The van der Waals surface area contributed by atoms with Crippen molar-refractivity contribution in [1.82, 2.24) is 0 Å². The van der Waals surface area contributed by atoms with Crippen molar-refractivity contribution in [2.45, 2.75) is 62.5 Å². The van der Waals surface area contributed by atoms with Gasteiger partial charge in [0.05, 0.1) is 0 Å². The third-order valence-corrected chi connectivity index (χ3v) is 9.56. The molecule has 0 aliphatic rings. The molecule has 17 heteroatoms. The summed E-state index contributed by atoms with van der Waals surface area (Å²) in [6.45, 7) is 10.3. The van der Waals surface area contributed by atoms with E-state index in [9.17, 15) is 49.9 Å². The molecule has 0 fully saturated rings. The lowest BCUT2D eigenvalue weighted by molar-refractivity contribution is -0.157. The molecule has 12 nitrogen and oxygen atoms in total. The smallest absolute Gasteiger partial charge is 0.344 e. The summed E-state index contributed by atoms with van der Waals surface area (Å²) in [5.41, 5.74) is 0.847. The molecule has 0 aromatic heterocycles. The predicted octanol–water partition coefficient (Wildman–Crippen LogP) is 7.57. The molecule has 1 N–H and O–H groups in total. The summed E-state index contributed by atoms with van der Waals surface area (Å²) in [5.74, 6) is -2.45. The molecule has 0 aliphatic carbocycles. The first kappa shape index (κ1) is 48.1. The van der Waals surface area contributed by atoms with Crippen LogP contribution >= 0.6 is 15.9 Å². The molecule has 308 valence electrons. The quantitative estimate of drug-likeness (QED) is 0.0937. The number of hydrogen-bond donors (Lipinski definition) is 1. The Morgan fingerprint density at radius 3 is 1.49 bits per heavy atom. The molecular formula is C40H43BrF2O12S2. The van der Waals surface area contributed by atoms with Crippen molar-refractivity contribution in [2.24, 2.45) is 0 Å². The summed E-state index contributed by atoms with van der Waals surface area (Å²) in [6, 6.07) is 15.6. The number of alkyl halides is 1. The molecule has 57 heavy (non-hydrogen) atoms. The number of benzene rings is 4. The highest BCUT2D eigenvalue weighted by molar-refractivity contribution is 9.09. The standard InChI is InChI=1S/C20H21FO6S.C14H11FO4S.C6H11BrO2/c1-20(2,3)27-19(23)12-26-17-8-5-13(11-22)9-15(17)14-6-7-16(21)18(10-14)28(4,24)25;1-20(18,19)14-7-10(3-4-12(14)15)11-6-9(8-16)2-5-13(11)17;1-6(2,3)9-5(8)4-7/h5-11H,12H2,1-4H3;2-8,17H,1H3;4H2,1-3H3. The van der Waals surface area contributed by atoms with Crippen molar-refractivity contribution in [2.75, 3.05) is 24.4 Å². The van der Waals surface area contributed by atoms with E-state index in [1.807, 2.05) is 20.8 Å². The average Bonchev–Trinajstić information content (AvgIpc) is 3.09. The zero-order valence-electron chi connectivity index (χ0n) is 32.4. The van der Waals surface area contributed by atoms with Gasteiger partial charge >= 0.3 is 11.9 Å². The zero-order valence-corrected chi connectivity index (χ0v) is 35.6. The Kier molecular flexibility index (Phi) is 16.8. The number of aromatic hydroxyl groups is 1. The molecule has 0 unspecified atom stereocenters. The first-order valence-corrected chi connectivity index (χ1v) is 21.6. The van der Waals surface area contributed by atoms with E-state index in [-0.39, 0.29) is 40.6 Å². The minimum atomic E-state index is -3.80. The van der Waals surface area contributed by atoms with Crippen LogP contribution in [-0.2, 0) is 38.7 Å². The van der Waals surface area contributed by atoms with Crippen molar-refractivity contribution in [3.05, 3.63) is 95.6 Å². The molecule has 0 radical (unpaired) electrons. The van der Waals surface area contributed by atoms with E-state index in [1.165, 1.54) is 48.5 Å². The normalized spacial score (nSPS) is 11.5. The molecule has 0 saturated carbocycles. The number of ether oxygens (including phenoxy) is 3. The second kappa shape index (κ2) is 19.9. The number of esters is 2. The fourth-order valence-electron chi connectivity index (χ4n) is 4.62. The highest BCUT2D eigenvalue weighted by atomic mass is 79.9. The maximum absolute atomic E-state index is 13.9. The van der Waals surface area contributed by atoms with Gasteiger partial charge in [0.25, 0.3) is 0 Å². The van der Waals surface area contributed by atoms with Gasteiger partial charge in [-0.1, -0.05) is 28.1 Å². The van der Waals surface area contributed by atoms with Gasteiger partial charge in [-0.2, -0.15) is 0 Å². The molecule has 4 aromatic rings. The summed E-state index contributed by atoms with van der Waals surface area (Å²) in [6.07, 6.45) is 3.01. The van der Waals surface area contributed by atoms with E-state index in [2.05, 4.69) is 15.9 Å². The van der Waals surface area contributed by atoms with Crippen LogP contribution in [-0.4, -0.2) is 82.1 Å². The lowest BCUT2D eigenvalue weighted by atomic mass is 10.0. The van der Waals surface area contributed by atoms with Crippen LogP contribution in [0.3, 0.4) is 0 Å². The monoisotopic (exact) mass is 896 g/mol. The van der Waals surface area contributed by atoms with Crippen LogP contribution in [0.25, 0.3) is 22.3 Å². The number of rotatable bonds is 10. The maximum Gasteiger partial charge on any atom is 0.344 e. The molecule has 4 rings (SSSR count). The summed E-state index contributed by atoms with van der Waals surface area (Å²) in [7, 11) is -7.52. The van der Waals surface area contributed by atoms with Crippen LogP contribution in [0.2, 0.25) is 0 Å². The summed E-state index contributed by atoms with van der Waals surface area (Å²) >= 11 is 2.99. The van der Waals surface area contributed by atoms with E-state index in [1.54, 1.807) is 20.8 Å². The number of phenols is 1. The van der Waals surface area contributed by atoms with Crippen molar-refractivity contribution in [3.63, 3.8) is 0 Å². The van der Waals surface area contributed by atoms with Crippen LogP contribution in [0.1, 0.15) is 62.3 Å². The number of hydrogen-bond acceptors (Lipinski definition) is 12. The highest BCUT2D eigenvalue weighted by Crippen LogP contribution is 2.34. The second-order valence-corrected chi connectivity index (χ2v) is 18.7. The Morgan fingerprint density at radius 1 is 0.667 bits per heavy atom. The van der Waals surface area contributed by atoms with E-state index in [0.717, 1.165) is 36.8 Å². The van der Waals surface area contributed by atoms with Crippen LogP contribution in [0.5, 0.6) is 11.5 Å². The Balaban J connectivity index is 0.000000335. The largest absolute Gasteiger partial charge is 0.507 e. The molecular weight excluding hydrogens is 854 g/mol. The Morgan fingerprint density at radius 2 is 1.09 bits per heavy atom. The number of halogens is 3. The summed E-state index contributed by atoms with van der Waals surface area (Å²) in [4.78, 5) is 43.4.